The number of anilines is 1. The molecule has 3 aliphatic rings. The van der Waals surface area contributed by atoms with Crippen molar-refractivity contribution in [2.24, 2.45) is 23.7 Å². The number of nitrogens with zero attached hydrogens (tertiary/aromatic N) is 2. The molecule has 3 unspecified atom stereocenters. The third kappa shape index (κ3) is 4.49. The molecule has 2 amide bonds. The van der Waals surface area contributed by atoms with Crippen molar-refractivity contribution in [2.45, 2.75) is 77.7 Å². The number of amides is 2. The number of carbonyl (C=O) groups excluding carboxylic acids is 3. The highest BCUT2D eigenvalue weighted by Crippen LogP contribution is 2.66. The van der Waals surface area contributed by atoms with E-state index in [0.29, 0.717) is 23.6 Å². The second kappa shape index (κ2) is 10.9. The van der Waals surface area contributed by atoms with Crippen molar-refractivity contribution in [1.82, 2.24) is 4.90 Å². The largest absolute Gasteiger partial charge is 0.466 e. The first-order chi connectivity index (χ1) is 18.4. The van der Waals surface area contributed by atoms with E-state index in [9.17, 15) is 19.5 Å². The normalized spacial score (nSPS) is 31.9. The number of rotatable bonds is 10. The number of carbonyl (C=O) groups is 3. The zero-order valence-electron chi connectivity index (χ0n) is 23.8. The Morgan fingerprint density at radius 2 is 2.08 bits per heavy atom. The number of aliphatic hydroxyl groups excluding tert-OH is 1. The highest BCUT2D eigenvalue weighted by atomic mass is 35.5. The molecule has 214 valence electrons. The Hall–Kier alpha value is -2.42. The lowest BCUT2D eigenvalue weighted by molar-refractivity contribution is -0.162. The Morgan fingerprint density at radius 1 is 1.38 bits per heavy atom. The van der Waals surface area contributed by atoms with E-state index in [1.807, 2.05) is 46.8 Å². The van der Waals surface area contributed by atoms with Gasteiger partial charge in [0.15, 0.2) is 0 Å². The average Bonchev–Trinajstić information content (AvgIpc) is 3.38. The minimum absolute atomic E-state index is 0.112. The van der Waals surface area contributed by atoms with Crippen LogP contribution in [0.3, 0.4) is 0 Å². The van der Waals surface area contributed by atoms with Crippen LogP contribution in [-0.4, -0.2) is 70.8 Å². The summed E-state index contributed by atoms with van der Waals surface area (Å²) in [6, 6.07) is 3.72. The van der Waals surface area contributed by atoms with E-state index in [1.165, 1.54) is 4.90 Å². The Labute approximate surface area is 236 Å². The number of esters is 1. The summed E-state index contributed by atoms with van der Waals surface area (Å²) >= 11 is 6.63. The van der Waals surface area contributed by atoms with E-state index < -0.39 is 41.1 Å². The molecule has 3 saturated heterocycles. The molecule has 4 rings (SSSR count). The van der Waals surface area contributed by atoms with Crippen LogP contribution in [-0.2, 0) is 23.9 Å². The van der Waals surface area contributed by atoms with Crippen LogP contribution in [0.4, 0.5) is 5.69 Å². The van der Waals surface area contributed by atoms with Crippen molar-refractivity contribution in [3.05, 3.63) is 41.4 Å². The van der Waals surface area contributed by atoms with Gasteiger partial charge in [0.05, 0.1) is 41.5 Å². The number of aliphatic hydroxyl groups is 1. The second-order valence-corrected chi connectivity index (χ2v) is 12.2. The molecule has 3 aliphatic heterocycles. The van der Waals surface area contributed by atoms with Crippen LogP contribution in [0, 0.1) is 30.6 Å². The number of hydrogen-bond donors (Lipinski definition) is 1. The van der Waals surface area contributed by atoms with Crippen LogP contribution in [0.15, 0.2) is 30.9 Å². The van der Waals surface area contributed by atoms with Gasteiger partial charge in [-0.25, -0.2) is 0 Å². The molecule has 0 saturated carbocycles. The minimum Gasteiger partial charge on any atom is -0.466 e. The lowest BCUT2D eigenvalue weighted by atomic mass is 9.62. The van der Waals surface area contributed by atoms with E-state index in [1.54, 1.807) is 24.0 Å². The molecular weight excluding hydrogens is 520 g/mol. The summed E-state index contributed by atoms with van der Waals surface area (Å²) in [5, 5.41) is 10.9. The molecule has 3 heterocycles. The van der Waals surface area contributed by atoms with E-state index in [4.69, 9.17) is 21.1 Å². The number of para-hydroxylation sites is 1. The number of aryl methyl sites for hydroxylation is 1. The van der Waals surface area contributed by atoms with Crippen LogP contribution in [0.2, 0.25) is 5.02 Å². The van der Waals surface area contributed by atoms with Gasteiger partial charge in [0, 0.05) is 6.54 Å². The van der Waals surface area contributed by atoms with Crippen molar-refractivity contribution in [2.75, 3.05) is 24.7 Å². The summed E-state index contributed by atoms with van der Waals surface area (Å²) in [5.41, 5.74) is -0.883. The Bertz CT molecular complexity index is 1140. The fraction of sp³-hybridized carbons (Fsp3) is 0.633. The molecule has 8 nitrogen and oxygen atoms in total. The van der Waals surface area contributed by atoms with Gasteiger partial charge in [-0.15, -0.1) is 6.58 Å². The van der Waals surface area contributed by atoms with Gasteiger partial charge in [0.25, 0.3) is 5.91 Å². The van der Waals surface area contributed by atoms with Crippen molar-refractivity contribution in [3.8, 4) is 0 Å². The predicted molar refractivity (Wildman–Crippen MR) is 149 cm³/mol. The number of ether oxygens (including phenoxy) is 2. The number of benzene rings is 1. The Balaban J connectivity index is 1.92. The first-order valence-corrected chi connectivity index (χ1v) is 14.2. The molecule has 1 aromatic rings. The molecule has 1 N–H and O–H groups in total. The number of likely N-dealkylation sites (tertiary alicyclic amines) is 1. The van der Waals surface area contributed by atoms with Gasteiger partial charge in [0.1, 0.15) is 17.6 Å². The summed E-state index contributed by atoms with van der Waals surface area (Å²) in [6.07, 6.45) is 2.52. The van der Waals surface area contributed by atoms with Gasteiger partial charge in [0.2, 0.25) is 5.91 Å². The van der Waals surface area contributed by atoms with E-state index in [2.05, 4.69) is 6.58 Å². The standard InChI is InChI=1S/C30H41ClN2O6/c1-8-13-32(24-18(5)11-10-12-21(24)31)27(36)25-30-15-19(6)29(7,39-30)23(28(37)38-9-2)22(30)26(35)33(25)20(16-34)14-17(3)4/h8,10-12,17,19-20,22-23,25,34H,1,9,13-16H2,2-7H3/t19?,20-,22+,23-,25?,29+,30?/m1/s1. The first-order valence-electron chi connectivity index (χ1n) is 13.9. The SMILES string of the molecule is C=CCN(C(=O)C1N([C@@H](CO)CC(C)C)C(=O)[C@@H]2[C@H](C(=O)OCC)[C@@]3(C)OC12CC3C)c1c(C)cccc1Cl. The van der Waals surface area contributed by atoms with Crippen LogP contribution in [0.5, 0.6) is 0 Å². The van der Waals surface area contributed by atoms with Gasteiger partial charge in [-0.05, 0) is 57.1 Å². The summed E-state index contributed by atoms with van der Waals surface area (Å²) in [4.78, 5) is 45.6. The molecular formula is C30H41ClN2O6. The van der Waals surface area contributed by atoms with Crippen molar-refractivity contribution in [1.29, 1.82) is 0 Å². The van der Waals surface area contributed by atoms with E-state index in [0.717, 1.165) is 5.56 Å². The molecule has 7 atom stereocenters. The third-order valence-electron chi connectivity index (χ3n) is 8.91. The monoisotopic (exact) mass is 560 g/mol. The highest BCUT2D eigenvalue weighted by Gasteiger charge is 2.80. The molecule has 0 radical (unpaired) electrons. The quantitative estimate of drug-likeness (QED) is 0.341. The first kappa shape index (κ1) is 29.6. The summed E-state index contributed by atoms with van der Waals surface area (Å²) in [6.45, 7) is 15.3. The van der Waals surface area contributed by atoms with Gasteiger partial charge in [-0.2, -0.15) is 0 Å². The van der Waals surface area contributed by atoms with Crippen LogP contribution in [0.1, 0.15) is 53.0 Å². The zero-order valence-corrected chi connectivity index (χ0v) is 24.5. The smallest absolute Gasteiger partial charge is 0.312 e. The summed E-state index contributed by atoms with van der Waals surface area (Å²) in [7, 11) is 0. The van der Waals surface area contributed by atoms with Gasteiger partial charge < -0.3 is 24.4 Å². The molecule has 39 heavy (non-hydrogen) atoms. The van der Waals surface area contributed by atoms with Crippen molar-refractivity contribution < 1.29 is 29.0 Å². The fourth-order valence-corrected chi connectivity index (χ4v) is 7.62. The zero-order chi connectivity index (χ0) is 28.9. The van der Waals surface area contributed by atoms with Gasteiger partial charge in [-0.1, -0.05) is 50.6 Å². The topological polar surface area (TPSA) is 96.4 Å². The Morgan fingerprint density at radius 3 is 2.64 bits per heavy atom. The lowest BCUT2D eigenvalue weighted by Gasteiger charge is -2.40. The predicted octanol–water partition coefficient (Wildman–Crippen LogP) is 4.15. The maximum Gasteiger partial charge on any atom is 0.312 e. The lowest BCUT2D eigenvalue weighted by Crippen LogP contribution is -2.59. The number of halogens is 1. The molecule has 0 aromatic heterocycles. The summed E-state index contributed by atoms with van der Waals surface area (Å²) < 4.78 is 12.2. The molecule has 2 bridgehead atoms. The van der Waals surface area contributed by atoms with Gasteiger partial charge in [-0.3, -0.25) is 14.4 Å². The van der Waals surface area contributed by atoms with E-state index >= 15 is 0 Å². The van der Waals surface area contributed by atoms with Gasteiger partial charge >= 0.3 is 5.97 Å². The Kier molecular flexibility index (Phi) is 8.23. The molecule has 1 spiro atoms. The molecule has 3 fully saturated rings. The maximum atomic E-state index is 14.8. The highest BCUT2D eigenvalue weighted by molar-refractivity contribution is 6.34. The minimum atomic E-state index is -1.25. The maximum absolute atomic E-state index is 14.8. The molecule has 9 heteroatoms. The average molecular weight is 561 g/mol. The molecule has 1 aromatic carbocycles. The third-order valence-corrected chi connectivity index (χ3v) is 9.22. The number of hydrogen-bond acceptors (Lipinski definition) is 6. The van der Waals surface area contributed by atoms with Crippen molar-refractivity contribution in [3.63, 3.8) is 0 Å². The molecule has 0 aliphatic carbocycles. The van der Waals surface area contributed by atoms with Crippen LogP contribution in [0.25, 0.3) is 0 Å². The van der Waals surface area contributed by atoms with Crippen molar-refractivity contribution >= 4 is 35.1 Å². The van der Waals surface area contributed by atoms with E-state index in [-0.39, 0.29) is 43.4 Å². The fourth-order valence-electron chi connectivity index (χ4n) is 7.29. The van der Waals surface area contributed by atoms with Crippen LogP contribution < -0.4 is 4.90 Å². The summed E-state index contributed by atoms with van der Waals surface area (Å²) in [5.74, 6) is -2.93. The second-order valence-electron chi connectivity index (χ2n) is 11.8. The van der Waals surface area contributed by atoms with Crippen LogP contribution >= 0.6 is 11.6 Å². The number of fused-ring (bicyclic) bond motifs is 1.